The van der Waals surface area contributed by atoms with Gasteiger partial charge in [-0.1, -0.05) is 48.5 Å². The van der Waals surface area contributed by atoms with Crippen LogP contribution in [-0.2, 0) is 0 Å². The summed E-state index contributed by atoms with van der Waals surface area (Å²) in [6.45, 7) is 2.04. The summed E-state index contributed by atoms with van der Waals surface area (Å²) in [5.41, 5.74) is 1.89. The highest BCUT2D eigenvalue weighted by Crippen LogP contribution is 2.22. The molecule has 0 radical (unpaired) electrons. The van der Waals surface area contributed by atoms with E-state index in [-0.39, 0.29) is 18.0 Å². The van der Waals surface area contributed by atoms with Crippen molar-refractivity contribution in [2.45, 2.75) is 19.0 Å². The Bertz CT molecular complexity index is 566. The Morgan fingerprint density at radius 1 is 0.952 bits per heavy atom. The van der Waals surface area contributed by atoms with Crippen molar-refractivity contribution in [2.75, 3.05) is 14.1 Å². The summed E-state index contributed by atoms with van der Waals surface area (Å²) < 4.78 is 0. The molecule has 0 saturated carbocycles. The first kappa shape index (κ1) is 15.3. The molecule has 1 amide bonds. The summed E-state index contributed by atoms with van der Waals surface area (Å²) in [4.78, 5) is 14.4. The minimum absolute atomic E-state index is 0.00936. The van der Waals surface area contributed by atoms with Crippen LogP contribution in [0.2, 0.25) is 0 Å². The van der Waals surface area contributed by atoms with Crippen LogP contribution < -0.4 is 5.32 Å². The normalized spacial score (nSPS) is 13.7. The van der Waals surface area contributed by atoms with Crippen LogP contribution in [0, 0.1) is 0 Å². The van der Waals surface area contributed by atoms with E-state index in [1.807, 2.05) is 69.6 Å². The quantitative estimate of drug-likeness (QED) is 0.914. The number of hydrogen-bond donors (Lipinski definition) is 1. The third-order valence-corrected chi connectivity index (χ3v) is 3.57. The minimum atomic E-state index is -0.0362. The van der Waals surface area contributed by atoms with Crippen molar-refractivity contribution < 1.29 is 4.79 Å². The molecule has 3 heteroatoms. The highest BCUT2D eigenvalue weighted by atomic mass is 16.1. The number of likely N-dealkylation sites (N-methyl/N-ethyl adjacent to an activating group) is 1. The maximum Gasteiger partial charge on any atom is 0.251 e. The molecule has 0 aromatic heterocycles. The fraction of sp³-hybridized carbons (Fsp3) is 0.278. The van der Waals surface area contributed by atoms with E-state index in [4.69, 9.17) is 0 Å². The van der Waals surface area contributed by atoms with Crippen molar-refractivity contribution in [2.24, 2.45) is 0 Å². The van der Waals surface area contributed by atoms with E-state index in [0.717, 1.165) is 0 Å². The average Bonchev–Trinajstić information content (AvgIpc) is 2.49. The molecule has 21 heavy (non-hydrogen) atoms. The summed E-state index contributed by atoms with van der Waals surface area (Å²) in [6.07, 6.45) is 0. The van der Waals surface area contributed by atoms with Gasteiger partial charge in [-0.3, -0.25) is 4.79 Å². The predicted octanol–water partition coefficient (Wildman–Crippen LogP) is 3.11. The van der Waals surface area contributed by atoms with Gasteiger partial charge in [0.25, 0.3) is 5.91 Å². The maximum atomic E-state index is 12.3. The van der Waals surface area contributed by atoms with Gasteiger partial charge in [0, 0.05) is 11.6 Å². The Morgan fingerprint density at radius 2 is 1.48 bits per heavy atom. The van der Waals surface area contributed by atoms with Crippen molar-refractivity contribution in [1.82, 2.24) is 10.2 Å². The van der Waals surface area contributed by atoms with E-state index in [1.54, 1.807) is 0 Å². The average molecular weight is 282 g/mol. The molecule has 2 aromatic rings. The lowest BCUT2D eigenvalue weighted by molar-refractivity contribution is 0.0915. The largest absolute Gasteiger partial charge is 0.348 e. The van der Waals surface area contributed by atoms with Gasteiger partial charge in [0.2, 0.25) is 0 Å². The molecule has 0 spiro atoms. The van der Waals surface area contributed by atoms with Crippen molar-refractivity contribution in [3.8, 4) is 0 Å². The monoisotopic (exact) mass is 282 g/mol. The van der Waals surface area contributed by atoms with Gasteiger partial charge in [0.05, 0.1) is 6.04 Å². The zero-order valence-electron chi connectivity index (χ0n) is 12.8. The standard InChI is InChI=1S/C18H22N2O/c1-14(19-18(21)16-12-8-5-9-13-16)17(20(2)3)15-10-6-4-7-11-15/h4-14,17H,1-3H3,(H,19,21)/t14-,17-/m1/s1. The maximum absolute atomic E-state index is 12.3. The van der Waals surface area contributed by atoms with Gasteiger partial charge in [0.1, 0.15) is 0 Å². The molecule has 0 aliphatic heterocycles. The van der Waals surface area contributed by atoms with Crippen LogP contribution in [0.4, 0.5) is 0 Å². The summed E-state index contributed by atoms with van der Waals surface area (Å²) in [7, 11) is 4.06. The second-order valence-electron chi connectivity index (χ2n) is 5.45. The summed E-state index contributed by atoms with van der Waals surface area (Å²) in [5.74, 6) is -0.0362. The number of benzene rings is 2. The first-order valence-corrected chi connectivity index (χ1v) is 7.17. The molecular weight excluding hydrogens is 260 g/mol. The van der Waals surface area contributed by atoms with Crippen LogP contribution in [0.25, 0.3) is 0 Å². The Hall–Kier alpha value is -2.13. The molecule has 2 aromatic carbocycles. The second kappa shape index (κ2) is 7.04. The third-order valence-electron chi connectivity index (χ3n) is 3.57. The molecule has 2 rings (SSSR count). The van der Waals surface area contributed by atoms with E-state index in [1.165, 1.54) is 5.56 Å². The first-order chi connectivity index (χ1) is 10.1. The lowest BCUT2D eigenvalue weighted by Gasteiger charge is -2.31. The number of nitrogens with one attached hydrogen (secondary N) is 1. The third kappa shape index (κ3) is 3.92. The van der Waals surface area contributed by atoms with Gasteiger partial charge in [-0.25, -0.2) is 0 Å². The number of amides is 1. The fourth-order valence-corrected chi connectivity index (χ4v) is 2.64. The van der Waals surface area contributed by atoms with E-state index in [2.05, 4.69) is 22.3 Å². The van der Waals surface area contributed by atoms with E-state index in [0.29, 0.717) is 5.56 Å². The smallest absolute Gasteiger partial charge is 0.251 e. The Labute approximate surface area is 126 Å². The van der Waals surface area contributed by atoms with Crippen LogP contribution in [0.3, 0.4) is 0 Å². The zero-order chi connectivity index (χ0) is 15.2. The topological polar surface area (TPSA) is 32.3 Å². The molecule has 3 nitrogen and oxygen atoms in total. The zero-order valence-corrected chi connectivity index (χ0v) is 12.8. The minimum Gasteiger partial charge on any atom is -0.348 e. The number of carbonyl (C=O) groups is 1. The number of nitrogens with zero attached hydrogens (tertiary/aromatic N) is 1. The molecule has 1 N–H and O–H groups in total. The Balaban J connectivity index is 2.13. The van der Waals surface area contributed by atoms with Crippen LogP contribution in [0.5, 0.6) is 0 Å². The molecule has 110 valence electrons. The van der Waals surface area contributed by atoms with Gasteiger partial charge in [-0.15, -0.1) is 0 Å². The van der Waals surface area contributed by atoms with E-state index >= 15 is 0 Å². The summed E-state index contributed by atoms with van der Waals surface area (Å²) in [6, 6.07) is 19.7. The highest BCUT2D eigenvalue weighted by molar-refractivity contribution is 5.94. The molecule has 0 heterocycles. The van der Waals surface area contributed by atoms with Crippen LogP contribution in [0.1, 0.15) is 28.9 Å². The molecule has 0 saturated heterocycles. The van der Waals surface area contributed by atoms with Gasteiger partial charge in [0.15, 0.2) is 0 Å². The second-order valence-corrected chi connectivity index (χ2v) is 5.45. The molecule has 0 fully saturated rings. The van der Waals surface area contributed by atoms with Gasteiger partial charge < -0.3 is 10.2 Å². The van der Waals surface area contributed by atoms with Crippen LogP contribution >= 0.6 is 0 Å². The number of hydrogen-bond acceptors (Lipinski definition) is 2. The van der Waals surface area contributed by atoms with Crippen molar-refractivity contribution in [3.05, 3.63) is 71.8 Å². The molecule has 0 unspecified atom stereocenters. The molecule has 0 bridgehead atoms. The highest BCUT2D eigenvalue weighted by Gasteiger charge is 2.23. The van der Waals surface area contributed by atoms with Crippen molar-refractivity contribution in [1.29, 1.82) is 0 Å². The lowest BCUT2D eigenvalue weighted by Crippen LogP contribution is -2.42. The van der Waals surface area contributed by atoms with Gasteiger partial charge in [-0.05, 0) is 38.7 Å². The van der Waals surface area contributed by atoms with Gasteiger partial charge >= 0.3 is 0 Å². The lowest BCUT2D eigenvalue weighted by atomic mass is 9.99. The SMILES string of the molecule is C[C@@H](NC(=O)c1ccccc1)[C@H](c1ccccc1)N(C)C. The van der Waals surface area contributed by atoms with E-state index in [9.17, 15) is 4.79 Å². The van der Waals surface area contributed by atoms with E-state index < -0.39 is 0 Å². The van der Waals surface area contributed by atoms with Crippen molar-refractivity contribution >= 4 is 5.91 Å². The Morgan fingerprint density at radius 3 is 2.00 bits per heavy atom. The molecule has 2 atom stereocenters. The molecule has 0 aliphatic rings. The van der Waals surface area contributed by atoms with Crippen LogP contribution in [-0.4, -0.2) is 30.9 Å². The van der Waals surface area contributed by atoms with Crippen molar-refractivity contribution in [3.63, 3.8) is 0 Å². The number of rotatable bonds is 5. The first-order valence-electron chi connectivity index (χ1n) is 7.17. The fourth-order valence-electron chi connectivity index (χ4n) is 2.64. The summed E-state index contributed by atoms with van der Waals surface area (Å²) in [5, 5.41) is 3.10. The summed E-state index contributed by atoms with van der Waals surface area (Å²) >= 11 is 0. The Kier molecular flexibility index (Phi) is 5.12. The predicted molar refractivity (Wildman–Crippen MR) is 86.2 cm³/mol. The van der Waals surface area contributed by atoms with Crippen LogP contribution in [0.15, 0.2) is 60.7 Å². The molecular formula is C18H22N2O. The van der Waals surface area contributed by atoms with Gasteiger partial charge in [-0.2, -0.15) is 0 Å². The molecule has 0 aliphatic carbocycles. The number of carbonyl (C=O) groups excluding carboxylic acids is 1.